The summed E-state index contributed by atoms with van der Waals surface area (Å²) in [5, 5.41) is 10.6. The van der Waals surface area contributed by atoms with E-state index in [0.29, 0.717) is 11.3 Å². The highest BCUT2D eigenvalue weighted by Crippen LogP contribution is 2.35. The molecule has 1 amide bonds. The highest BCUT2D eigenvalue weighted by molar-refractivity contribution is 7.18. The largest absolute Gasteiger partial charge is 0.396 e. The van der Waals surface area contributed by atoms with Gasteiger partial charge in [-0.05, 0) is 0 Å². The van der Waals surface area contributed by atoms with Crippen molar-refractivity contribution in [2.24, 2.45) is 5.73 Å². The van der Waals surface area contributed by atoms with Crippen LogP contribution in [0.1, 0.15) is 15.2 Å². The van der Waals surface area contributed by atoms with Crippen molar-refractivity contribution >= 4 is 27.9 Å². The molecule has 1 heterocycles. The van der Waals surface area contributed by atoms with Crippen LogP contribution >= 0.6 is 11.3 Å². The molecule has 1 aromatic heterocycles. The second-order valence-electron chi connectivity index (χ2n) is 3.44. The third-order valence-corrected chi connectivity index (χ3v) is 3.26. The Hall–Kier alpha value is -2.02. The number of nitrogen functional groups attached to an aromatic ring is 1. The smallest absolute Gasteiger partial charge is 0.324 e. The van der Waals surface area contributed by atoms with Gasteiger partial charge in [0.15, 0.2) is 0 Å². The Morgan fingerprint density at radius 2 is 2.11 bits per heavy atom. The lowest BCUT2D eigenvalue weighted by Gasteiger charge is -2.15. The van der Waals surface area contributed by atoms with Crippen molar-refractivity contribution in [1.82, 2.24) is 0 Å². The molecule has 0 radical (unpaired) electrons. The summed E-state index contributed by atoms with van der Waals surface area (Å²) < 4.78 is 49.4. The number of nitrogens with two attached hydrogens (primary N) is 2. The lowest BCUT2D eigenvalue weighted by atomic mass is 10.2. The third-order valence-electron chi connectivity index (χ3n) is 2.08. The van der Waals surface area contributed by atoms with Gasteiger partial charge in [0, 0.05) is 0 Å². The van der Waals surface area contributed by atoms with E-state index in [2.05, 4.69) is 0 Å². The maximum atomic E-state index is 12.7. The average Bonchev–Trinajstić information content (AvgIpc) is 2.63. The van der Waals surface area contributed by atoms with Crippen LogP contribution in [0.4, 0.5) is 28.3 Å². The second-order valence-corrected chi connectivity index (χ2v) is 4.46. The van der Waals surface area contributed by atoms with Gasteiger partial charge in [0.05, 0.1) is 12.2 Å². The van der Waals surface area contributed by atoms with Gasteiger partial charge in [-0.15, -0.1) is 11.3 Å². The molecule has 1 rings (SSSR count). The van der Waals surface area contributed by atoms with E-state index < -0.39 is 24.8 Å². The first kappa shape index (κ1) is 15.0. The lowest BCUT2D eigenvalue weighted by molar-refractivity contribution is -0.117. The van der Waals surface area contributed by atoms with Gasteiger partial charge in [0.2, 0.25) is 0 Å². The maximum Gasteiger partial charge on any atom is 0.324 e. The molecule has 104 valence electrons. The van der Waals surface area contributed by atoms with Crippen LogP contribution < -0.4 is 16.8 Å². The summed E-state index contributed by atoms with van der Waals surface area (Å²) in [5.41, 5.74) is 9.86. The van der Waals surface area contributed by atoms with Crippen molar-refractivity contribution < 1.29 is 22.4 Å². The summed E-state index contributed by atoms with van der Waals surface area (Å²) in [5.74, 6) is -5.20. The number of anilines is 2. The summed E-state index contributed by atoms with van der Waals surface area (Å²) in [6.45, 7) is -1.39. The number of nitrogens with zero attached hydrogens (tertiary/aromatic N) is 1. The third kappa shape index (κ3) is 3.05. The van der Waals surface area contributed by atoms with E-state index in [0.717, 1.165) is 0 Å². The fourth-order valence-electron chi connectivity index (χ4n) is 1.14. The number of halogens is 4. The monoisotopic (exact) mass is 296 g/mol. The summed E-state index contributed by atoms with van der Waals surface area (Å²) >= 11 is 0.560. The first-order valence-corrected chi connectivity index (χ1v) is 5.54. The zero-order chi connectivity index (χ0) is 14.8. The summed E-state index contributed by atoms with van der Waals surface area (Å²) in [6.07, 6.45) is -3.85. The number of thiophene rings is 1. The minimum atomic E-state index is -4.27. The molecule has 5 N–H and O–H groups in total. The average molecular weight is 296 g/mol. The first-order chi connectivity index (χ1) is 8.70. The molecule has 0 unspecified atom stereocenters. The molecule has 0 atom stereocenters. The van der Waals surface area contributed by atoms with Crippen LogP contribution in [0.15, 0.2) is 0 Å². The molecule has 0 aromatic carbocycles. The molecule has 0 aliphatic heterocycles. The predicted octanol–water partition coefficient (Wildman–Crippen LogP) is 1.61. The molecule has 0 aliphatic rings. The molecule has 0 spiro atoms. The van der Waals surface area contributed by atoms with Crippen molar-refractivity contribution in [3.63, 3.8) is 0 Å². The minimum absolute atomic E-state index is 0.195. The molecule has 0 fully saturated rings. The molecule has 0 bridgehead atoms. The number of hydrogen-bond acceptors (Lipinski definition) is 5. The zero-order valence-electron chi connectivity index (χ0n) is 9.21. The Kier molecular flexibility index (Phi) is 4.21. The highest BCUT2D eigenvalue weighted by atomic mass is 32.1. The summed E-state index contributed by atoms with van der Waals surface area (Å²) in [7, 11) is 0. The van der Waals surface area contributed by atoms with E-state index in [1.165, 1.54) is 0 Å². The first-order valence-electron chi connectivity index (χ1n) is 4.72. The van der Waals surface area contributed by atoms with Crippen molar-refractivity contribution in [2.45, 2.75) is 12.3 Å². The van der Waals surface area contributed by atoms with E-state index in [-0.39, 0.29) is 21.1 Å². The number of primary amides is 1. The lowest BCUT2D eigenvalue weighted by Crippen LogP contribution is -2.34. The van der Waals surface area contributed by atoms with E-state index in [4.69, 9.17) is 16.7 Å². The zero-order valence-corrected chi connectivity index (χ0v) is 10.0. The van der Waals surface area contributed by atoms with Crippen molar-refractivity contribution in [2.75, 3.05) is 17.6 Å². The van der Waals surface area contributed by atoms with E-state index in [1.807, 2.05) is 5.32 Å². The number of amides is 1. The van der Waals surface area contributed by atoms with E-state index >= 15 is 0 Å². The minimum Gasteiger partial charge on any atom is -0.396 e. The molecular weight excluding hydrogens is 288 g/mol. The molecule has 0 saturated carbocycles. The Labute approximate surface area is 108 Å². The number of carbonyl (C=O) groups excluding carboxylic acids is 1. The maximum absolute atomic E-state index is 12.7. The predicted molar refractivity (Wildman–Crippen MR) is 61.4 cm³/mol. The Morgan fingerprint density at radius 3 is 2.53 bits per heavy atom. The highest BCUT2D eigenvalue weighted by Gasteiger charge is 2.40. The number of alkyl halides is 4. The topological polar surface area (TPSA) is 105 Å². The van der Waals surface area contributed by atoms with Gasteiger partial charge in [0.25, 0.3) is 5.91 Å². The summed E-state index contributed by atoms with van der Waals surface area (Å²) in [4.78, 5) is 10.8. The number of nitrogens with one attached hydrogen (secondary N) is 1. The molecule has 19 heavy (non-hydrogen) atoms. The van der Waals surface area contributed by atoms with Gasteiger partial charge in [0.1, 0.15) is 21.5 Å². The normalized spacial score (nSPS) is 11.4. The van der Waals surface area contributed by atoms with Crippen LogP contribution in [0.2, 0.25) is 0 Å². The van der Waals surface area contributed by atoms with Gasteiger partial charge < -0.3 is 16.8 Å². The summed E-state index contributed by atoms with van der Waals surface area (Å²) in [6, 6.07) is 1.59. The fraction of sp³-hybridized carbons (Fsp3) is 0.333. The van der Waals surface area contributed by atoms with Gasteiger partial charge >= 0.3 is 12.3 Å². The van der Waals surface area contributed by atoms with Crippen LogP contribution in [-0.4, -0.2) is 24.8 Å². The molecule has 1 aromatic rings. The van der Waals surface area contributed by atoms with Gasteiger partial charge in [-0.2, -0.15) is 14.0 Å². The second kappa shape index (κ2) is 5.31. The van der Waals surface area contributed by atoms with E-state index in [9.17, 15) is 22.4 Å². The van der Waals surface area contributed by atoms with Crippen molar-refractivity contribution in [3.8, 4) is 6.07 Å². The number of rotatable bonds is 5. The fourth-order valence-corrected chi connectivity index (χ4v) is 2.06. The van der Waals surface area contributed by atoms with Gasteiger partial charge in [-0.3, -0.25) is 4.79 Å². The standard InChI is InChI=1S/C9H8F4N4OS/c10-8(11)9(12,13)2-17-7-3(1-14)4(15)5(19-7)6(16)18/h8,17H,2,15H2,(H2,16,18). The van der Waals surface area contributed by atoms with Crippen LogP contribution in [-0.2, 0) is 0 Å². The number of carbonyl (C=O) groups is 1. The molecule has 0 saturated heterocycles. The van der Waals surface area contributed by atoms with Gasteiger partial charge in [-0.25, -0.2) is 8.78 Å². The van der Waals surface area contributed by atoms with Crippen LogP contribution in [0, 0.1) is 11.3 Å². The molecular formula is C9H8F4N4OS. The number of hydrogen-bond donors (Lipinski definition) is 3. The van der Waals surface area contributed by atoms with Gasteiger partial charge in [-0.1, -0.05) is 0 Å². The Bertz CT molecular complexity index is 537. The SMILES string of the molecule is N#Cc1c(NCC(F)(F)C(F)F)sc(C(N)=O)c1N. The van der Waals surface area contributed by atoms with Crippen LogP contribution in [0.3, 0.4) is 0 Å². The van der Waals surface area contributed by atoms with E-state index in [1.54, 1.807) is 6.07 Å². The molecule has 5 nitrogen and oxygen atoms in total. The Morgan fingerprint density at radius 1 is 1.53 bits per heavy atom. The Balaban J connectivity index is 3.00. The molecule has 10 heteroatoms. The number of nitriles is 1. The quantitative estimate of drug-likeness (QED) is 0.718. The molecule has 0 aliphatic carbocycles. The van der Waals surface area contributed by atoms with Crippen LogP contribution in [0.5, 0.6) is 0 Å². The van der Waals surface area contributed by atoms with Crippen molar-refractivity contribution in [3.05, 3.63) is 10.4 Å². The van der Waals surface area contributed by atoms with Crippen molar-refractivity contribution in [1.29, 1.82) is 5.26 Å². The van der Waals surface area contributed by atoms with Crippen LogP contribution in [0.25, 0.3) is 0 Å².